The molecule has 2 aromatic carbocycles. The lowest BCUT2D eigenvalue weighted by atomic mass is 10.2. The second kappa shape index (κ2) is 8.27. The molecule has 2 N–H and O–H groups in total. The van der Waals surface area contributed by atoms with E-state index in [-0.39, 0.29) is 23.6 Å². The van der Waals surface area contributed by atoms with Crippen LogP contribution in [-0.4, -0.2) is 32.6 Å². The maximum Gasteiger partial charge on any atom is 0.335 e. The van der Waals surface area contributed by atoms with Gasteiger partial charge in [0.15, 0.2) is 0 Å². The molecule has 128 valence electrons. The molecule has 0 bridgehead atoms. The zero-order valence-corrected chi connectivity index (χ0v) is 15.0. The third-order valence-corrected chi connectivity index (χ3v) is 5.09. The van der Waals surface area contributed by atoms with E-state index in [9.17, 15) is 13.2 Å². The smallest absolute Gasteiger partial charge is 0.335 e. The number of carbonyl (C=O) groups is 1. The Bertz CT molecular complexity index is 805. The number of nitrogens with one attached hydrogen (secondary N) is 1. The van der Waals surface area contributed by atoms with E-state index in [0.29, 0.717) is 12.2 Å². The van der Waals surface area contributed by atoms with E-state index in [2.05, 4.69) is 20.7 Å². The SMILES string of the molecule is O=C(O)c1cccc(OCCCNS(=O)(=O)c2ccc(Br)cc2)c1. The first kappa shape index (κ1) is 18.4. The van der Waals surface area contributed by atoms with Crippen molar-refractivity contribution in [1.82, 2.24) is 4.72 Å². The van der Waals surface area contributed by atoms with Crippen LogP contribution < -0.4 is 9.46 Å². The molecule has 0 fully saturated rings. The van der Waals surface area contributed by atoms with Crippen molar-refractivity contribution in [3.05, 3.63) is 58.6 Å². The number of benzene rings is 2. The highest BCUT2D eigenvalue weighted by Gasteiger charge is 2.12. The van der Waals surface area contributed by atoms with Crippen LogP contribution in [-0.2, 0) is 10.0 Å². The van der Waals surface area contributed by atoms with E-state index in [0.717, 1.165) is 4.47 Å². The highest BCUT2D eigenvalue weighted by molar-refractivity contribution is 9.10. The Balaban J connectivity index is 1.79. The number of sulfonamides is 1. The van der Waals surface area contributed by atoms with Crippen LogP contribution in [0.2, 0.25) is 0 Å². The van der Waals surface area contributed by atoms with Gasteiger partial charge < -0.3 is 9.84 Å². The van der Waals surface area contributed by atoms with Crippen molar-refractivity contribution in [2.45, 2.75) is 11.3 Å². The molecule has 0 aliphatic rings. The molecule has 0 saturated carbocycles. The third-order valence-electron chi connectivity index (χ3n) is 3.09. The molecule has 0 aliphatic heterocycles. The zero-order valence-electron chi connectivity index (χ0n) is 12.6. The van der Waals surface area contributed by atoms with E-state index >= 15 is 0 Å². The van der Waals surface area contributed by atoms with Gasteiger partial charge in [-0.3, -0.25) is 0 Å². The van der Waals surface area contributed by atoms with Gasteiger partial charge in [-0.1, -0.05) is 22.0 Å². The summed E-state index contributed by atoms with van der Waals surface area (Å²) in [5.74, 6) is -0.589. The summed E-state index contributed by atoms with van der Waals surface area (Å²) in [5, 5.41) is 8.90. The Morgan fingerprint density at radius 1 is 1.17 bits per heavy atom. The van der Waals surface area contributed by atoms with Gasteiger partial charge in [0.25, 0.3) is 0 Å². The van der Waals surface area contributed by atoms with E-state index in [1.54, 1.807) is 24.3 Å². The molecule has 2 rings (SSSR count). The largest absolute Gasteiger partial charge is 0.494 e. The van der Waals surface area contributed by atoms with Crippen LogP contribution in [0.5, 0.6) is 5.75 Å². The molecule has 0 radical (unpaired) electrons. The average molecular weight is 414 g/mol. The lowest BCUT2D eigenvalue weighted by Gasteiger charge is -2.09. The van der Waals surface area contributed by atoms with Crippen molar-refractivity contribution in [1.29, 1.82) is 0 Å². The van der Waals surface area contributed by atoms with Crippen LogP contribution in [0.1, 0.15) is 16.8 Å². The zero-order chi connectivity index (χ0) is 17.6. The van der Waals surface area contributed by atoms with Gasteiger partial charge in [-0.15, -0.1) is 0 Å². The molecular weight excluding hydrogens is 398 g/mol. The maximum atomic E-state index is 12.1. The quantitative estimate of drug-likeness (QED) is 0.648. The highest BCUT2D eigenvalue weighted by Crippen LogP contribution is 2.15. The molecule has 8 heteroatoms. The number of halogens is 1. The fourth-order valence-electron chi connectivity index (χ4n) is 1.88. The van der Waals surface area contributed by atoms with E-state index in [1.165, 1.54) is 24.3 Å². The first-order valence-corrected chi connectivity index (χ1v) is 9.37. The van der Waals surface area contributed by atoms with Crippen LogP contribution in [0.3, 0.4) is 0 Å². The van der Waals surface area contributed by atoms with Gasteiger partial charge in [0.1, 0.15) is 5.75 Å². The molecule has 0 heterocycles. The summed E-state index contributed by atoms with van der Waals surface area (Å²) in [6.45, 7) is 0.489. The van der Waals surface area contributed by atoms with Gasteiger partial charge in [-0.2, -0.15) is 0 Å². The molecule has 0 amide bonds. The number of rotatable bonds is 8. The van der Waals surface area contributed by atoms with Crippen LogP contribution >= 0.6 is 15.9 Å². The molecule has 0 saturated heterocycles. The molecule has 2 aromatic rings. The van der Waals surface area contributed by atoms with Crippen LogP contribution in [0, 0.1) is 0 Å². The van der Waals surface area contributed by atoms with Crippen LogP contribution in [0.25, 0.3) is 0 Å². The number of aromatic carboxylic acids is 1. The molecule has 0 aliphatic carbocycles. The third kappa shape index (κ3) is 5.33. The predicted octanol–water partition coefficient (Wildman–Crippen LogP) is 2.89. The summed E-state index contributed by atoms with van der Waals surface area (Å²) in [6.07, 6.45) is 0.451. The number of carboxylic acids is 1. The Morgan fingerprint density at radius 2 is 1.88 bits per heavy atom. The molecule has 0 atom stereocenters. The minimum Gasteiger partial charge on any atom is -0.494 e. The fraction of sp³-hybridized carbons (Fsp3) is 0.188. The molecule has 0 aromatic heterocycles. The van der Waals surface area contributed by atoms with Gasteiger partial charge in [0, 0.05) is 11.0 Å². The summed E-state index contributed by atoms with van der Waals surface area (Å²) in [4.78, 5) is 11.1. The molecule has 24 heavy (non-hydrogen) atoms. The fourth-order valence-corrected chi connectivity index (χ4v) is 3.22. The van der Waals surface area contributed by atoms with Gasteiger partial charge in [0.2, 0.25) is 10.0 Å². The molecule has 6 nitrogen and oxygen atoms in total. The van der Waals surface area contributed by atoms with E-state index in [4.69, 9.17) is 9.84 Å². The number of hydrogen-bond donors (Lipinski definition) is 2. The number of hydrogen-bond acceptors (Lipinski definition) is 4. The van der Waals surface area contributed by atoms with Gasteiger partial charge in [-0.25, -0.2) is 17.9 Å². The number of carboxylic acid groups (broad SMARTS) is 1. The van der Waals surface area contributed by atoms with Crippen molar-refractivity contribution in [2.75, 3.05) is 13.2 Å². The summed E-state index contributed by atoms with van der Waals surface area (Å²) < 4.78 is 32.9. The average Bonchev–Trinajstić information content (AvgIpc) is 2.55. The second-order valence-electron chi connectivity index (χ2n) is 4.89. The van der Waals surface area contributed by atoms with E-state index < -0.39 is 16.0 Å². The molecular formula is C16H16BrNO5S. The maximum absolute atomic E-state index is 12.1. The topological polar surface area (TPSA) is 92.7 Å². The summed E-state index contributed by atoms with van der Waals surface area (Å²) >= 11 is 3.25. The lowest BCUT2D eigenvalue weighted by molar-refractivity contribution is 0.0696. The van der Waals surface area contributed by atoms with Crippen LogP contribution in [0.15, 0.2) is 57.9 Å². The van der Waals surface area contributed by atoms with Crippen LogP contribution in [0.4, 0.5) is 0 Å². The number of ether oxygens (including phenoxy) is 1. The van der Waals surface area contributed by atoms with Crippen molar-refractivity contribution in [3.63, 3.8) is 0 Å². The highest BCUT2D eigenvalue weighted by atomic mass is 79.9. The van der Waals surface area contributed by atoms with E-state index in [1.807, 2.05) is 0 Å². The monoisotopic (exact) mass is 413 g/mol. The Hall–Kier alpha value is -1.90. The minimum atomic E-state index is -3.54. The van der Waals surface area contributed by atoms with Gasteiger partial charge >= 0.3 is 5.97 Å². The van der Waals surface area contributed by atoms with Crippen molar-refractivity contribution in [3.8, 4) is 5.75 Å². The first-order valence-electron chi connectivity index (χ1n) is 7.10. The Kier molecular flexibility index (Phi) is 6.36. The van der Waals surface area contributed by atoms with Gasteiger partial charge in [-0.05, 0) is 48.9 Å². The minimum absolute atomic E-state index is 0.142. The van der Waals surface area contributed by atoms with Crippen molar-refractivity contribution >= 4 is 31.9 Å². The summed E-state index contributed by atoms with van der Waals surface area (Å²) in [6, 6.07) is 12.5. The van der Waals surface area contributed by atoms with Crippen molar-refractivity contribution in [2.24, 2.45) is 0 Å². The molecule has 0 spiro atoms. The summed E-state index contributed by atoms with van der Waals surface area (Å²) in [5.41, 5.74) is 0.142. The van der Waals surface area contributed by atoms with Gasteiger partial charge in [0.05, 0.1) is 17.1 Å². The Morgan fingerprint density at radius 3 is 2.54 bits per heavy atom. The standard InChI is InChI=1S/C16H16BrNO5S/c17-13-5-7-15(8-6-13)24(21,22)18-9-2-10-23-14-4-1-3-12(11-14)16(19)20/h1,3-8,11,18H,2,9-10H2,(H,19,20). The lowest BCUT2D eigenvalue weighted by Crippen LogP contribution is -2.25. The Labute approximate surface area is 148 Å². The predicted molar refractivity (Wildman–Crippen MR) is 92.8 cm³/mol. The first-order chi connectivity index (χ1) is 11.4. The summed E-state index contributed by atoms with van der Waals surface area (Å²) in [7, 11) is -3.54. The second-order valence-corrected chi connectivity index (χ2v) is 7.57. The van der Waals surface area contributed by atoms with Crippen molar-refractivity contribution < 1.29 is 23.1 Å². The normalized spacial score (nSPS) is 11.2. The molecule has 0 unspecified atom stereocenters.